The van der Waals surface area contributed by atoms with E-state index in [1.165, 1.54) is 12.4 Å². The third-order valence-corrected chi connectivity index (χ3v) is 5.69. The Hall–Kier alpha value is -3.26. The first-order valence-corrected chi connectivity index (χ1v) is 9.28. The first kappa shape index (κ1) is 16.2. The molecule has 8 heteroatoms. The fraction of sp³-hybridized carbons (Fsp3) is 0.0556. The van der Waals surface area contributed by atoms with E-state index in [4.69, 9.17) is 5.73 Å². The Bertz CT molecular complexity index is 1210. The zero-order valence-electron chi connectivity index (χ0n) is 13.9. The number of rotatable bonds is 3. The number of nitrogens with zero attached hydrogens (tertiary/aromatic N) is 4. The molecule has 26 heavy (non-hydrogen) atoms. The van der Waals surface area contributed by atoms with Crippen LogP contribution in [-0.2, 0) is 10.0 Å². The van der Waals surface area contributed by atoms with Gasteiger partial charge in [-0.15, -0.1) is 0 Å². The maximum absolute atomic E-state index is 13.1. The zero-order chi connectivity index (χ0) is 18.3. The molecular weight excluding hydrogens is 350 g/mol. The average Bonchev–Trinajstić information content (AvgIpc) is 3.03. The van der Waals surface area contributed by atoms with Gasteiger partial charge in [0, 0.05) is 29.5 Å². The van der Waals surface area contributed by atoms with Crippen LogP contribution in [0.15, 0.2) is 66.0 Å². The summed E-state index contributed by atoms with van der Waals surface area (Å²) in [6, 6.07) is 11.8. The second-order valence-electron chi connectivity index (χ2n) is 5.84. The van der Waals surface area contributed by atoms with Crippen molar-refractivity contribution in [3.8, 4) is 11.4 Å². The SMILES string of the molecule is Cc1ccc(S(=O)(=O)n2cc(-c3nccc(N)n3)c3cccnc32)cc1. The molecule has 3 aromatic heterocycles. The van der Waals surface area contributed by atoms with Gasteiger partial charge >= 0.3 is 0 Å². The van der Waals surface area contributed by atoms with Crippen LogP contribution in [-0.4, -0.2) is 27.3 Å². The standard InChI is InChI=1S/C18H15N5O2S/c1-12-4-6-13(7-5-12)26(24,25)23-11-15(14-3-2-9-21-18(14)23)17-20-10-8-16(19)22-17/h2-11H,1H3,(H2,19,20,22). The smallest absolute Gasteiger partial charge is 0.269 e. The molecule has 4 rings (SSSR count). The quantitative estimate of drug-likeness (QED) is 0.598. The van der Waals surface area contributed by atoms with E-state index in [0.717, 1.165) is 9.54 Å². The second-order valence-corrected chi connectivity index (χ2v) is 7.65. The van der Waals surface area contributed by atoms with E-state index in [-0.39, 0.29) is 4.90 Å². The first-order valence-electron chi connectivity index (χ1n) is 7.84. The molecular formula is C18H15N5O2S. The number of hydrogen-bond acceptors (Lipinski definition) is 6. The van der Waals surface area contributed by atoms with Gasteiger partial charge in [-0.3, -0.25) is 0 Å². The lowest BCUT2D eigenvalue weighted by molar-refractivity contribution is 0.589. The van der Waals surface area contributed by atoms with Crippen LogP contribution in [0.5, 0.6) is 0 Å². The number of nitrogens with two attached hydrogens (primary N) is 1. The lowest BCUT2D eigenvalue weighted by atomic mass is 10.2. The second kappa shape index (κ2) is 5.92. The van der Waals surface area contributed by atoms with Crippen molar-refractivity contribution in [2.45, 2.75) is 11.8 Å². The van der Waals surface area contributed by atoms with Crippen molar-refractivity contribution < 1.29 is 8.42 Å². The van der Waals surface area contributed by atoms with Crippen LogP contribution < -0.4 is 5.73 Å². The maximum Gasteiger partial charge on any atom is 0.269 e. The topological polar surface area (TPSA) is 104 Å². The molecule has 0 unspecified atom stereocenters. The maximum atomic E-state index is 13.1. The highest BCUT2D eigenvalue weighted by atomic mass is 32.2. The third-order valence-electron chi connectivity index (χ3n) is 4.03. The molecule has 0 amide bonds. The van der Waals surface area contributed by atoms with Crippen molar-refractivity contribution in [3.05, 3.63) is 66.6 Å². The first-order chi connectivity index (χ1) is 12.5. The van der Waals surface area contributed by atoms with Gasteiger partial charge in [-0.25, -0.2) is 27.3 Å². The number of benzene rings is 1. The van der Waals surface area contributed by atoms with E-state index >= 15 is 0 Å². The average molecular weight is 365 g/mol. The van der Waals surface area contributed by atoms with Crippen LogP contribution in [0, 0.1) is 6.92 Å². The normalized spacial score (nSPS) is 11.7. The minimum Gasteiger partial charge on any atom is -0.384 e. The third kappa shape index (κ3) is 2.60. The van der Waals surface area contributed by atoms with E-state index in [0.29, 0.717) is 28.2 Å². The molecule has 2 N–H and O–H groups in total. The van der Waals surface area contributed by atoms with Crippen molar-refractivity contribution in [3.63, 3.8) is 0 Å². The zero-order valence-corrected chi connectivity index (χ0v) is 14.7. The van der Waals surface area contributed by atoms with Gasteiger partial charge < -0.3 is 5.73 Å². The highest BCUT2D eigenvalue weighted by molar-refractivity contribution is 7.90. The van der Waals surface area contributed by atoms with Crippen molar-refractivity contribution in [2.75, 3.05) is 5.73 Å². The molecule has 3 heterocycles. The van der Waals surface area contributed by atoms with Crippen molar-refractivity contribution in [1.82, 2.24) is 18.9 Å². The Morgan fingerprint density at radius 3 is 2.50 bits per heavy atom. The highest BCUT2D eigenvalue weighted by Gasteiger charge is 2.23. The lowest BCUT2D eigenvalue weighted by Gasteiger charge is -2.07. The molecule has 0 aliphatic rings. The van der Waals surface area contributed by atoms with Gasteiger partial charge in [-0.2, -0.15) is 0 Å². The Morgan fingerprint density at radius 2 is 1.77 bits per heavy atom. The predicted molar refractivity (Wildman–Crippen MR) is 98.9 cm³/mol. The Balaban J connectivity index is 1.98. The molecule has 4 aromatic rings. The molecule has 0 spiro atoms. The molecule has 0 saturated heterocycles. The summed E-state index contributed by atoms with van der Waals surface area (Å²) >= 11 is 0. The van der Waals surface area contributed by atoms with Gasteiger partial charge in [-0.1, -0.05) is 17.7 Å². The lowest BCUT2D eigenvalue weighted by Crippen LogP contribution is -2.12. The van der Waals surface area contributed by atoms with Crippen LogP contribution in [0.1, 0.15) is 5.56 Å². The van der Waals surface area contributed by atoms with Crippen LogP contribution in [0.3, 0.4) is 0 Å². The summed E-state index contributed by atoms with van der Waals surface area (Å²) in [6.07, 6.45) is 4.57. The number of hydrogen-bond donors (Lipinski definition) is 1. The van der Waals surface area contributed by atoms with Crippen LogP contribution in [0.2, 0.25) is 0 Å². The van der Waals surface area contributed by atoms with E-state index in [9.17, 15) is 8.42 Å². The summed E-state index contributed by atoms with van der Waals surface area (Å²) < 4.78 is 27.4. The van der Waals surface area contributed by atoms with Gasteiger partial charge in [0.25, 0.3) is 10.0 Å². The largest absolute Gasteiger partial charge is 0.384 e. The summed E-state index contributed by atoms with van der Waals surface area (Å²) in [5.41, 5.74) is 7.59. The highest BCUT2D eigenvalue weighted by Crippen LogP contribution is 2.30. The van der Waals surface area contributed by atoms with Gasteiger partial charge in [-0.05, 0) is 37.3 Å². The minimum absolute atomic E-state index is 0.186. The molecule has 0 aliphatic carbocycles. The van der Waals surface area contributed by atoms with Crippen LogP contribution in [0.25, 0.3) is 22.4 Å². The number of aromatic nitrogens is 4. The molecule has 0 saturated carbocycles. The molecule has 0 aliphatic heterocycles. The van der Waals surface area contributed by atoms with Gasteiger partial charge in [0.05, 0.1) is 4.90 Å². The van der Waals surface area contributed by atoms with Gasteiger partial charge in [0.1, 0.15) is 5.82 Å². The van der Waals surface area contributed by atoms with Crippen molar-refractivity contribution in [1.29, 1.82) is 0 Å². The number of fused-ring (bicyclic) bond motifs is 1. The number of pyridine rings is 1. The van der Waals surface area contributed by atoms with Gasteiger partial charge in [0.2, 0.25) is 0 Å². The number of nitrogen functional groups attached to an aromatic ring is 1. The Morgan fingerprint density at radius 1 is 1.00 bits per heavy atom. The van der Waals surface area contributed by atoms with E-state index in [1.54, 1.807) is 48.7 Å². The number of aryl methyl sites for hydroxylation is 1. The van der Waals surface area contributed by atoms with Crippen molar-refractivity contribution in [2.24, 2.45) is 0 Å². The molecule has 7 nitrogen and oxygen atoms in total. The van der Waals surface area contributed by atoms with Gasteiger partial charge in [0.15, 0.2) is 11.5 Å². The Labute approximate surface area is 150 Å². The van der Waals surface area contributed by atoms with Crippen LogP contribution >= 0.6 is 0 Å². The fourth-order valence-electron chi connectivity index (χ4n) is 2.72. The Kier molecular flexibility index (Phi) is 3.69. The minimum atomic E-state index is -3.81. The van der Waals surface area contributed by atoms with E-state index in [1.807, 2.05) is 6.92 Å². The summed E-state index contributed by atoms with van der Waals surface area (Å²) in [4.78, 5) is 12.9. The summed E-state index contributed by atoms with van der Waals surface area (Å²) in [5, 5.41) is 0.633. The molecule has 0 radical (unpaired) electrons. The predicted octanol–water partition coefficient (Wildman–Crippen LogP) is 2.62. The summed E-state index contributed by atoms with van der Waals surface area (Å²) in [7, 11) is -3.81. The van der Waals surface area contributed by atoms with E-state index in [2.05, 4.69) is 15.0 Å². The molecule has 0 atom stereocenters. The van der Waals surface area contributed by atoms with E-state index < -0.39 is 10.0 Å². The monoisotopic (exact) mass is 365 g/mol. The summed E-state index contributed by atoms with van der Waals surface area (Å²) in [6.45, 7) is 1.90. The van der Waals surface area contributed by atoms with Crippen LogP contribution in [0.4, 0.5) is 5.82 Å². The molecule has 1 aromatic carbocycles. The summed E-state index contributed by atoms with van der Waals surface area (Å²) in [5.74, 6) is 0.655. The van der Waals surface area contributed by atoms with Crippen molar-refractivity contribution >= 4 is 26.9 Å². The molecule has 0 fully saturated rings. The number of anilines is 1. The molecule has 130 valence electrons. The fourth-order valence-corrected chi connectivity index (χ4v) is 4.04. The molecule has 0 bridgehead atoms.